The maximum Gasteiger partial charge on any atom is 0.259 e. The number of rotatable bonds is 8. The predicted molar refractivity (Wildman–Crippen MR) is 120 cm³/mol. The first kappa shape index (κ1) is 22.9. The summed E-state index contributed by atoms with van der Waals surface area (Å²) >= 11 is 0. The summed E-state index contributed by atoms with van der Waals surface area (Å²) in [4.78, 5) is 17.8. The Morgan fingerprint density at radius 2 is 2.00 bits per heavy atom. The molecular formula is C25H34FN3O3. The minimum atomic E-state index is -0.140. The van der Waals surface area contributed by atoms with E-state index in [1.54, 1.807) is 6.07 Å². The van der Waals surface area contributed by atoms with E-state index < -0.39 is 0 Å². The topological polar surface area (TPSA) is 58.8 Å². The van der Waals surface area contributed by atoms with Crippen molar-refractivity contribution in [1.29, 1.82) is 0 Å². The monoisotopic (exact) mass is 443 g/mol. The largest absolute Gasteiger partial charge is 0.376 e. The molecule has 6 nitrogen and oxygen atoms in total. The smallest absolute Gasteiger partial charge is 0.259 e. The number of amides is 1. The Labute approximate surface area is 189 Å². The first-order valence-electron chi connectivity index (χ1n) is 11.9. The minimum absolute atomic E-state index is 0.00452. The van der Waals surface area contributed by atoms with Crippen LogP contribution in [0, 0.1) is 18.7 Å². The molecule has 0 saturated carbocycles. The van der Waals surface area contributed by atoms with Crippen molar-refractivity contribution < 1.29 is 18.4 Å². The van der Waals surface area contributed by atoms with Gasteiger partial charge in [-0.2, -0.15) is 0 Å². The SMILES string of the molecule is CCc1noc(C)c1C(=O)N(CC1CCN(Cc2ccccc2F)CC1)C[C@@H]1CCCO1. The molecule has 0 unspecified atom stereocenters. The third-order valence-corrected chi connectivity index (χ3v) is 6.75. The van der Waals surface area contributed by atoms with Gasteiger partial charge in [-0.1, -0.05) is 30.3 Å². The summed E-state index contributed by atoms with van der Waals surface area (Å²) in [6.07, 6.45) is 4.80. The molecule has 1 amide bonds. The maximum atomic E-state index is 14.0. The molecule has 32 heavy (non-hydrogen) atoms. The first-order valence-corrected chi connectivity index (χ1v) is 11.9. The summed E-state index contributed by atoms with van der Waals surface area (Å²) in [5.74, 6) is 0.870. The molecule has 2 aliphatic rings. The van der Waals surface area contributed by atoms with Crippen LogP contribution in [0.5, 0.6) is 0 Å². The van der Waals surface area contributed by atoms with Crippen LogP contribution in [0.15, 0.2) is 28.8 Å². The molecule has 2 aliphatic heterocycles. The van der Waals surface area contributed by atoms with Gasteiger partial charge in [-0.25, -0.2) is 4.39 Å². The van der Waals surface area contributed by atoms with Crippen LogP contribution in [0.2, 0.25) is 0 Å². The molecule has 2 aromatic rings. The van der Waals surface area contributed by atoms with Crippen LogP contribution in [-0.4, -0.2) is 59.8 Å². The molecule has 174 valence electrons. The summed E-state index contributed by atoms with van der Waals surface area (Å²) in [5.41, 5.74) is 2.09. The van der Waals surface area contributed by atoms with E-state index in [-0.39, 0.29) is 17.8 Å². The number of likely N-dealkylation sites (tertiary alicyclic amines) is 1. The Bertz CT molecular complexity index is 902. The molecule has 0 radical (unpaired) electrons. The number of benzene rings is 1. The van der Waals surface area contributed by atoms with Crippen molar-refractivity contribution in [1.82, 2.24) is 15.0 Å². The average Bonchev–Trinajstić information content (AvgIpc) is 3.45. The molecule has 3 heterocycles. The number of aryl methyl sites for hydroxylation is 2. The normalized spacial score (nSPS) is 20.0. The third kappa shape index (κ3) is 5.38. The standard InChI is InChI=1S/C25H34FN3O3/c1-3-23-24(18(2)32-27-23)25(30)29(17-21-8-6-14-31-21)15-19-10-12-28(13-11-19)16-20-7-4-5-9-22(20)26/h4-5,7,9,19,21H,3,6,8,10-17H2,1-2H3/t21-/m0/s1. The lowest BCUT2D eigenvalue weighted by Crippen LogP contribution is -2.44. The van der Waals surface area contributed by atoms with Gasteiger partial charge in [-0.3, -0.25) is 9.69 Å². The number of halogens is 1. The van der Waals surface area contributed by atoms with Crippen molar-refractivity contribution in [3.8, 4) is 0 Å². The van der Waals surface area contributed by atoms with Gasteiger partial charge in [-0.05, 0) is 64.1 Å². The van der Waals surface area contributed by atoms with Crippen LogP contribution in [0.1, 0.15) is 60.0 Å². The number of hydrogen-bond donors (Lipinski definition) is 0. The molecular weight excluding hydrogens is 409 g/mol. The number of aromatic nitrogens is 1. The second-order valence-corrected chi connectivity index (χ2v) is 9.07. The van der Waals surface area contributed by atoms with Gasteiger partial charge in [0.2, 0.25) is 0 Å². The Balaban J connectivity index is 1.39. The van der Waals surface area contributed by atoms with Crippen molar-refractivity contribution in [3.63, 3.8) is 0 Å². The highest BCUT2D eigenvalue weighted by atomic mass is 19.1. The van der Waals surface area contributed by atoms with E-state index in [1.165, 1.54) is 6.07 Å². The zero-order chi connectivity index (χ0) is 22.5. The van der Waals surface area contributed by atoms with Crippen molar-refractivity contribution >= 4 is 5.91 Å². The van der Waals surface area contributed by atoms with E-state index in [0.29, 0.717) is 43.3 Å². The van der Waals surface area contributed by atoms with E-state index in [4.69, 9.17) is 9.26 Å². The predicted octanol–water partition coefficient (Wildman–Crippen LogP) is 4.22. The Kier molecular flexibility index (Phi) is 7.58. The molecule has 4 rings (SSSR count). The second kappa shape index (κ2) is 10.6. The fourth-order valence-electron chi connectivity index (χ4n) is 4.87. The minimum Gasteiger partial charge on any atom is -0.376 e. The highest BCUT2D eigenvalue weighted by Gasteiger charge is 2.31. The summed E-state index contributed by atoms with van der Waals surface area (Å²) in [5, 5.41) is 4.08. The van der Waals surface area contributed by atoms with E-state index >= 15 is 0 Å². The number of carbonyl (C=O) groups is 1. The first-order chi connectivity index (χ1) is 15.5. The van der Waals surface area contributed by atoms with Crippen LogP contribution >= 0.6 is 0 Å². The number of hydrogen-bond acceptors (Lipinski definition) is 5. The summed E-state index contributed by atoms with van der Waals surface area (Å²) in [6.45, 7) is 8.35. The fourth-order valence-corrected chi connectivity index (χ4v) is 4.87. The van der Waals surface area contributed by atoms with Gasteiger partial charge in [0, 0.05) is 31.8 Å². The van der Waals surface area contributed by atoms with E-state index in [1.807, 2.05) is 30.9 Å². The molecule has 0 bridgehead atoms. The van der Waals surface area contributed by atoms with Gasteiger partial charge in [-0.15, -0.1) is 0 Å². The Morgan fingerprint density at radius 3 is 2.69 bits per heavy atom. The second-order valence-electron chi connectivity index (χ2n) is 9.07. The van der Waals surface area contributed by atoms with Gasteiger partial charge in [0.05, 0.1) is 11.8 Å². The van der Waals surface area contributed by atoms with E-state index in [2.05, 4.69) is 10.1 Å². The molecule has 2 saturated heterocycles. The third-order valence-electron chi connectivity index (χ3n) is 6.75. The van der Waals surface area contributed by atoms with Gasteiger partial charge < -0.3 is 14.2 Å². The lowest BCUT2D eigenvalue weighted by molar-refractivity contribution is 0.0442. The van der Waals surface area contributed by atoms with Crippen molar-refractivity contribution in [2.24, 2.45) is 5.92 Å². The Hall–Kier alpha value is -2.25. The van der Waals surface area contributed by atoms with Gasteiger partial charge in [0.15, 0.2) is 0 Å². The summed E-state index contributed by atoms with van der Waals surface area (Å²) in [7, 11) is 0. The molecule has 7 heteroatoms. The molecule has 1 aromatic heterocycles. The van der Waals surface area contributed by atoms with E-state index in [9.17, 15) is 9.18 Å². The lowest BCUT2D eigenvalue weighted by Gasteiger charge is -2.35. The van der Waals surface area contributed by atoms with Crippen LogP contribution < -0.4 is 0 Å². The lowest BCUT2D eigenvalue weighted by atomic mass is 9.95. The number of piperidine rings is 1. The van der Waals surface area contributed by atoms with Crippen molar-refractivity contribution in [3.05, 3.63) is 52.7 Å². The summed E-state index contributed by atoms with van der Waals surface area (Å²) in [6, 6.07) is 6.99. The number of carbonyl (C=O) groups excluding carboxylic acids is 1. The van der Waals surface area contributed by atoms with Gasteiger partial charge in [0.1, 0.15) is 17.1 Å². The molecule has 2 fully saturated rings. The van der Waals surface area contributed by atoms with Crippen LogP contribution in [0.3, 0.4) is 0 Å². The highest BCUT2D eigenvalue weighted by Crippen LogP contribution is 2.25. The molecule has 0 N–H and O–H groups in total. The molecule has 1 aromatic carbocycles. The van der Waals surface area contributed by atoms with Crippen molar-refractivity contribution in [2.75, 3.05) is 32.8 Å². The quantitative estimate of drug-likeness (QED) is 0.612. The van der Waals surface area contributed by atoms with Gasteiger partial charge >= 0.3 is 0 Å². The highest BCUT2D eigenvalue weighted by molar-refractivity contribution is 5.96. The molecule has 0 aliphatic carbocycles. The number of ether oxygens (including phenoxy) is 1. The average molecular weight is 444 g/mol. The number of nitrogens with zero attached hydrogens (tertiary/aromatic N) is 3. The zero-order valence-electron chi connectivity index (χ0n) is 19.2. The molecule has 0 spiro atoms. The molecule has 1 atom stereocenters. The zero-order valence-corrected chi connectivity index (χ0v) is 19.2. The Morgan fingerprint density at radius 1 is 1.22 bits per heavy atom. The van der Waals surface area contributed by atoms with Gasteiger partial charge in [0.25, 0.3) is 5.91 Å². The maximum absolute atomic E-state index is 14.0. The fraction of sp³-hybridized carbons (Fsp3) is 0.600. The summed E-state index contributed by atoms with van der Waals surface area (Å²) < 4.78 is 25.2. The van der Waals surface area contributed by atoms with Crippen LogP contribution in [0.4, 0.5) is 4.39 Å². The van der Waals surface area contributed by atoms with Crippen LogP contribution in [0.25, 0.3) is 0 Å². The van der Waals surface area contributed by atoms with Crippen molar-refractivity contribution in [2.45, 2.75) is 58.6 Å². The van der Waals surface area contributed by atoms with Crippen LogP contribution in [-0.2, 0) is 17.7 Å². The van der Waals surface area contributed by atoms with E-state index in [0.717, 1.165) is 56.6 Å².